The average molecular weight is 479 g/mol. The number of fused-ring (bicyclic) bond motifs is 1. The molecule has 1 amide bonds. The summed E-state index contributed by atoms with van der Waals surface area (Å²) in [5.41, 5.74) is 0.467. The lowest BCUT2D eigenvalue weighted by Gasteiger charge is -2.15. The number of rotatable bonds is 8. The predicted octanol–water partition coefficient (Wildman–Crippen LogP) is 3.01. The number of methoxy groups -OCH3 is 3. The van der Waals surface area contributed by atoms with Crippen LogP contribution in [0.4, 0.5) is 5.69 Å². The minimum Gasteiger partial charge on any atom is -0.493 e. The molecular formula is C21H22N2O7S2. The van der Waals surface area contributed by atoms with Crippen molar-refractivity contribution in [2.75, 3.05) is 26.6 Å². The number of hydrogen-bond acceptors (Lipinski definition) is 8. The Morgan fingerprint density at radius 2 is 1.69 bits per heavy atom. The molecule has 0 bridgehead atoms. The van der Waals surface area contributed by atoms with Crippen molar-refractivity contribution in [2.45, 2.75) is 17.9 Å². The molecule has 2 N–H and O–H groups in total. The Kier molecular flexibility index (Phi) is 7.02. The Balaban J connectivity index is 1.73. The third kappa shape index (κ3) is 5.01. The quantitative estimate of drug-likeness (QED) is 0.478. The zero-order valence-electron chi connectivity index (χ0n) is 17.8. The number of carbonyl (C=O) groups excluding carboxylic acids is 2. The molecule has 11 heteroatoms. The molecule has 3 aromatic rings. The van der Waals surface area contributed by atoms with Gasteiger partial charge in [0, 0.05) is 16.5 Å². The molecule has 0 aliphatic heterocycles. The van der Waals surface area contributed by atoms with E-state index in [4.69, 9.17) is 14.2 Å². The van der Waals surface area contributed by atoms with E-state index in [0.29, 0.717) is 16.3 Å². The van der Waals surface area contributed by atoms with Gasteiger partial charge in [0.15, 0.2) is 11.5 Å². The Morgan fingerprint density at radius 1 is 0.969 bits per heavy atom. The van der Waals surface area contributed by atoms with Crippen molar-refractivity contribution in [3.8, 4) is 11.5 Å². The van der Waals surface area contributed by atoms with Crippen LogP contribution in [0, 0.1) is 0 Å². The molecule has 0 aliphatic carbocycles. The molecule has 0 radical (unpaired) electrons. The smallest absolute Gasteiger partial charge is 0.348 e. The number of carbonyl (C=O) groups is 2. The Bertz CT molecular complexity index is 1270. The van der Waals surface area contributed by atoms with Crippen LogP contribution >= 0.6 is 11.3 Å². The Labute approximate surface area is 189 Å². The maximum absolute atomic E-state index is 12.7. The highest BCUT2D eigenvalue weighted by molar-refractivity contribution is 7.89. The molecule has 0 fully saturated rings. The summed E-state index contributed by atoms with van der Waals surface area (Å²) in [6.07, 6.45) is 0. The van der Waals surface area contributed by atoms with Crippen LogP contribution in [-0.4, -0.2) is 47.7 Å². The highest BCUT2D eigenvalue weighted by Gasteiger charge is 2.23. The van der Waals surface area contributed by atoms with E-state index in [-0.39, 0.29) is 10.6 Å². The molecule has 1 atom stereocenters. The number of hydrogen-bond donors (Lipinski definition) is 2. The lowest BCUT2D eigenvalue weighted by Crippen LogP contribution is -2.41. The molecule has 3 rings (SSSR count). The number of sulfonamides is 1. The normalized spacial score (nSPS) is 12.2. The minimum atomic E-state index is -3.99. The average Bonchev–Trinajstić information content (AvgIpc) is 3.21. The summed E-state index contributed by atoms with van der Waals surface area (Å²) < 4.78 is 43.6. The number of benzene rings is 2. The van der Waals surface area contributed by atoms with Gasteiger partial charge in [-0.2, -0.15) is 4.72 Å². The van der Waals surface area contributed by atoms with Crippen LogP contribution in [-0.2, 0) is 19.6 Å². The van der Waals surface area contributed by atoms with Crippen molar-refractivity contribution in [1.82, 2.24) is 4.72 Å². The minimum absolute atomic E-state index is 0.0650. The van der Waals surface area contributed by atoms with Gasteiger partial charge in [0.05, 0.1) is 32.3 Å². The van der Waals surface area contributed by atoms with Crippen molar-refractivity contribution >= 4 is 49.0 Å². The summed E-state index contributed by atoms with van der Waals surface area (Å²) in [5, 5.41) is 3.44. The number of esters is 1. The monoisotopic (exact) mass is 478 g/mol. The number of amides is 1. The fourth-order valence-electron chi connectivity index (χ4n) is 2.91. The van der Waals surface area contributed by atoms with Crippen molar-refractivity contribution in [1.29, 1.82) is 0 Å². The van der Waals surface area contributed by atoms with E-state index in [1.165, 1.54) is 57.8 Å². The summed E-state index contributed by atoms with van der Waals surface area (Å²) in [7, 11) is 0.158. The van der Waals surface area contributed by atoms with Crippen molar-refractivity contribution in [3.05, 3.63) is 47.3 Å². The lowest BCUT2D eigenvalue weighted by molar-refractivity contribution is -0.117. The van der Waals surface area contributed by atoms with Crippen molar-refractivity contribution in [2.24, 2.45) is 0 Å². The molecule has 1 aromatic heterocycles. The molecule has 0 saturated heterocycles. The standard InChI is InChI=1S/C21H22N2O7S2/c1-12(23-32(26,27)15-6-7-16(28-2)17(11-15)29-3)20(24)22-14-5-8-18-13(9-14)10-19(31-18)21(25)30-4/h5-12,23H,1-4H3,(H,22,24)/t12-/m1/s1. The number of ether oxygens (including phenoxy) is 3. The maximum Gasteiger partial charge on any atom is 0.348 e. The van der Waals surface area contributed by atoms with Crippen molar-refractivity contribution < 1.29 is 32.2 Å². The van der Waals surface area contributed by atoms with E-state index in [1.54, 1.807) is 24.3 Å². The third-order valence-corrected chi connectivity index (χ3v) is 7.20. The third-order valence-electron chi connectivity index (χ3n) is 4.56. The van der Waals surface area contributed by atoms with Crippen LogP contribution in [0.25, 0.3) is 10.1 Å². The first-order valence-electron chi connectivity index (χ1n) is 9.35. The van der Waals surface area contributed by atoms with Crippen molar-refractivity contribution in [3.63, 3.8) is 0 Å². The zero-order valence-corrected chi connectivity index (χ0v) is 19.4. The maximum atomic E-state index is 12.7. The highest BCUT2D eigenvalue weighted by Crippen LogP contribution is 2.30. The zero-order chi connectivity index (χ0) is 23.5. The second-order valence-corrected chi connectivity index (χ2v) is 9.50. The van der Waals surface area contributed by atoms with Crippen LogP contribution in [0.2, 0.25) is 0 Å². The first-order chi connectivity index (χ1) is 15.2. The molecule has 32 heavy (non-hydrogen) atoms. The lowest BCUT2D eigenvalue weighted by atomic mass is 10.2. The molecule has 2 aromatic carbocycles. The summed E-state index contributed by atoms with van der Waals surface area (Å²) in [5.74, 6) is -0.342. The second-order valence-electron chi connectivity index (χ2n) is 6.70. The summed E-state index contributed by atoms with van der Waals surface area (Å²) >= 11 is 1.28. The molecule has 9 nitrogen and oxygen atoms in total. The fourth-order valence-corrected chi connectivity index (χ4v) is 5.09. The van der Waals surface area contributed by atoms with Crippen LogP contribution in [0.5, 0.6) is 11.5 Å². The Hall–Kier alpha value is -3.15. The molecular weight excluding hydrogens is 456 g/mol. The highest BCUT2D eigenvalue weighted by atomic mass is 32.2. The van der Waals surface area contributed by atoms with Gasteiger partial charge in [0.2, 0.25) is 15.9 Å². The van der Waals surface area contributed by atoms with Gasteiger partial charge < -0.3 is 19.5 Å². The van der Waals surface area contributed by atoms with Crippen LogP contribution in [0.3, 0.4) is 0 Å². The van der Waals surface area contributed by atoms with Gasteiger partial charge in [-0.15, -0.1) is 11.3 Å². The number of nitrogens with one attached hydrogen (secondary N) is 2. The topological polar surface area (TPSA) is 120 Å². The summed E-state index contributed by atoms with van der Waals surface area (Å²) in [4.78, 5) is 24.7. The molecule has 0 aliphatic rings. The molecule has 0 unspecified atom stereocenters. The van der Waals surface area contributed by atoms with Gasteiger partial charge in [-0.25, -0.2) is 13.2 Å². The van der Waals surface area contributed by atoms with E-state index in [1.807, 2.05) is 0 Å². The van der Waals surface area contributed by atoms with Gasteiger partial charge >= 0.3 is 5.97 Å². The first kappa shape index (κ1) is 23.5. The van der Waals surface area contributed by atoms with Gasteiger partial charge in [0.1, 0.15) is 4.88 Å². The van der Waals surface area contributed by atoms with E-state index in [0.717, 1.165) is 10.1 Å². The second kappa shape index (κ2) is 9.55. The van der Waals surface area contributed by atoms with Gasteiger partial charge in [-0.1, -0.05) is 0 Å². The van der Waals surface area contributed by atoms with Crippen LogP contribution < -0.4 is 19.5 Å². The first-order valence-corrected chi connectivity index (χ1v) is 11.7. The van der Waals surface area contributed by atoms with E-state index in [9.17, 15) is 18.0 Å². The van der Waals surface area contributed by atoms with Gasteiger partial charge in [-0.3, -0.25) is 4.79 Å². The van der Waals surface area contributed by atoms with E-state index < -0.39 is 27.9 Å². The van der Waals surface area contributed by atoms with Gasteiger partial charge in [-0.05, 0) is 48.7 Å². The number of thiophene rings is 1. The summed E-state index contributed by atoms with van der Waals surface area (Å²) in [6, 6.07) is 9.89. The van der Waals surface area contributed by atoms with E-state index in [2.05, 4.69) is 10.0 Å². The van der Waals surface area contributed by atoms with E-state index >= 15 is 0 Å². The molecule has 170 valence electrons. The molecule has 0 saturated carbocycles. The molecule has 0 spiro atoms. The fraction of sp³-hybridized carbons (Fsp3) is 0.238. The van der Waals surface area contributed by atoms with Crippen LogP contribution in [0.1, 0.15) is 16.6 Å². The van der Waals surface area contributed by atoms with Crippen LogP contribution in [0.15, 0.2) is 47.4 Å². The Morgan fingerprint density at radius 3 is 2.34 bits per heavy atom. The summed E-state index contributed by atoms with van der Waals surface area (Å²) in [6.45, 7) is 1.44. The van der Waals surface area contributed by atoms with Gasteiger partial charge in [0.25, 0.3) is 0 Å². The SMILES string of the molecule is COC(=O)c1cc2cc(NC(=O)[C@@H](C)NS(=O)(=O)c3ccc(OC)c(OC)c3)ccc2s1. The number of anilines is 1. The predicted molar refractivity (Wildman–Crippen MR) is 121 cm³/mol. The largest absolute Gasteiger partial charge is 0.493 e. The molecule has 1 heterocycles.